The van der Waals surface area contributed by atoms with E-state index in [0.29, 0.717) is 10.1 Å². The minimum Gasteiger partial charge on any atom is -0.199 e. The molecule has 0 aliphatic rings. The summed E-state index contributed by atoms with van der Waals surface area (Å²) < 4.78 is 26.9. The third kappa shape index (κ3) is 2.05. The van der Waals surface area contributed by atoms with E-state index in [1.165, 1.54) is 0 Å². The maximum Gasteiger partial charge on any atom is 0.283 e. The first kappa shape index (κ1) is 13.3. The summed E-state index contributed by atoms with van der Waals surface area (Å²) >= 11 is 3.30. The minimum atomic E-state index is -3.69. The van der Waals surface area contributed by atoms with Crippen LogP contribution in [-0.2, 0) is 10.0 Å². The molecule has 0 aliphatic carbocycles. The fraction of sp³-hybridized carbons (Fsp3) is 0.0714. The lowest BCUT2D eigenvalue weighted by atomic mass is 10.2. The van der Waals surface area contributed by atoms with Crippen LogP contribution in [0.3, 0.4) is 0 Å². The Balaban J connectivity index is 2.27. The van der Waals surface area contributed by atoms with Gasteiger partial charge in [0.05, 0.1) is 10.4 Å². The number of benzene rings is 2. The summed E-state index contributed by atoms with van der Waals surface area (Å²) in [5, 5.41) is 4.87. The van der Waals surface area contributed by atoms with Crippen LogP contribution < -0.4 is 0 Å². The number of aryl methyl sites for hydroxylation is 1. The molecule has 0 fully saturated rings. The van der Waals surface area contributed by atoms with E-state index in [4.69, 9.17) is 0 Å². The van der Waals surface area contributed by atoms with Crippen molar-refractivity contribution in [1.82, 2.24) is 9.19 Å². The van der Waals surface area contributed by atoms with Crippen LogP contribution in [0.2, 0.25) is 0 Å². The summed E-state index contributed by atoms with van der Waals surface area (Å²) in [5.74, 6) is 0. The smallest absolute Gasteiger partial charge is 0.199 e. The van der Waals surface area contributed by atoms with Crippen molar-refractivity contribution in [2.45, 2.75) is 11.8 Å². The molecule has 102 valence electrons. The quantitative estimate of drug-likeness (QED) is 0.712. The topological polar surface area (TPSA) is 52.0 Å². The molecular weight excluding hydrogens is 340 g/mol. The van der Waals surface area contributed by atoms with Gasteiger partial charge in [-0.1, -0.05) is 29.8 Å². The van der Waals surface area contributed by atoms with Crippen LogP contribution in [0.15, 0.2) is 58.0 Å². The van der Waals surface area contributed by atoms with Crippen molar-refractivity contribution in [3.63, 3.8) is 0 Å². The number of aromatic nitrogens is 2. The second kappa shape index (κ2) is 4.71. The van der Waals surface area contributed by atoms with Crippen molar-refractivity contribution >= 4 is 36.9 Å². The standard InChI is InChI=1S/C14H11BrN2O2S/c1-10-6-8-11(9-7-10)20(18,19)17-13-5-3-2-4-12(13)14(15)16-17/h2-9H,1H3. The molecule has 4 nitrogen and oxygen atoms in total. The van der Waals surface area contributed by atoms with Gasteiger partial charge in [-0.15, -0.1) is 5.10 Å². The number of hydrogen-bond acceptors (Lipinski definition) is 3. The van der Waals surface area contributed by atoms with Gasteiger partial charge in [0.15, 0.2) is 0 Å². The predicted molar refractivity (Wildman–Crippen MR) is 81.2 cm³/mol. The molecule has 0 saturated carbocycles. The molecule has 0 saturated heterocycles. The van der Waals surface area contributed by atoms with Gasteiger partial charge in [-0.25, -0.2) is 0 Å². The summed E-state index contributed by atoms with van der Waals surface area (Å²) in [4.78, 5) is 0.226. The second-order valence-corrected chi connectivity index (χ2v) is 6.99. The van der Waals surface area contributed by atoms with E-state index in [2.05, 4.69) is 21.0 Å². The molecule has 6 heteroatoms. The first-order valence-electron chi connectivity index (χ1n) is 5.95. The van der Waals surface area contributed by atoms with Crippen molar-refractivity contribution in [3.8, 4) is 0 Å². The van der Waals surface area contributed by atoms with Crippen LogP contribution in [0.25, 0.3) is 10.9 Å². The van der Waals surface area contributed by atoms with E-state index in [0.717, 1.165) is 15.0 Å². The predicted octanol–water partition coefficient (Wildman–Crippen LogP) is 3.34. The van der Waals surface area contributed by atoms with E-state index in [1.54, 1.807) is 36.4 Å². The highest BCUT2D eigenvalue weighted by Crippen LogP contribution is 2.26. The molecule has 0 amide bonds. The summed E-state index contributed by atoms with van der Waals surface area (Å²) in [6.45, 7) is 1.91. The maximum absolute atomic E-state index is 12.7. The van der Waals surface area contributed by atoms with Crippen molar-refractivity contribution in [2.24, 2.45) is 0 Å². The first-order chi connectivity index (χ1) is 9.50. The van der Waals surface area contributed by atoms with Crippen LogP contribution in [0, 0.1) is 6.92 Å². The van der Waals surface area contributed by atoms with Crippen LogP contribution >= 0.6 is 15.9 Å². The lowest BCUT2D eigenvalue weighted by Crippen LogP contribution is -2.14. The first-order valence-corrected chi connectivity index (χ1v) is 8.19. The molecule has 20 heavy (non-hydrogen) atoms. The van der Waals surface area contributed by atoms with E-state index in [-0.39, 0.29) is 4.90 Å². The maximum atomic E-state index is 12.7. The summed E-state index contributed by atoms with van der Waals surface area (Å²) in [6, 6.07) is 13.9. The van der Waals surface area contributed by atoms with E-state index in [9.17, 15) is 8.42 Å². The molecule has 0 bridgehead atoms. The Kier molecular flexibility index (Phi) is 3.14. The van der Waals surface area contributed by atoms with Gasteiger partial charge in [-0.05, 0) is 47.1 Å². The highest BCUT2D eigenvalue weighted by Gasteiger charge is 2.21. The molecule has 0 aliphatic heterocycles. The average molecular weight is 351 g/mol. The van der Waals surface area contributed by atoms with Gasteiger partial charge in [0.1, 0.15) is 4.60 Å². The third-order valence-electron chi connectivity index (χ3n) is 3.06. The lowest BCUT2D eigenvalue weighted by Gasteiger charge is -2.06. The normalized spacial score (nSPS) is 11.9. The molecule has 3 aromatic rings. The van der Waals surface area contributed by atoms with Gasteiger partial charge in [-0.3, -0.25) is 0 Å². The molecular formula is C14H11BrN2O2S. The number of rotatable bonds is 2. The molecule has 1 heterocycles. The van der Waals surface area contributed by atoms with Crippen molar-refractivity contribution in [3.05, 3.63) is 58.7 Å². The average Bonchev–Trinajstić information content (AvgIpc) is 2.78. The fourth-order valence-electron chi connectivity index (χ4n) is 2.00. The zero-order valence-electron chi connectivity index (χ0n) is 10.6. The number of para-hydroxylation sites is 1. The SMILES string of the molecule is Cc1ccc(S(=O)(=O)n2nc(Br)c3ccccc32)cc1. The molecule has 0 N–H and O–H groups in total. The molecule has 0 spiro atoms. The Labute approximate surface area is 125 Å². The Morgan fingerprint density at radius 3 is 2.40 bits per heavy atom. The highest BCUT2D eigenvalue weighted by molar-refractivity contribution is 9.10. The summed E-state index contributed by atoms with van der Waals surface area (Å²) in [6.07, 6.45) is 0. The van der Waals surface area contributed by atoms with Crippen molar-refractivity contribution in [1.29, 1.82) is 0 Å². The van der Waals surface area contributed by atoms with E-state index < -0.39 is 10.0 Å². The van der Waals surface area contributed by atoms with Gasteiger partial charge < -0.3 is 0 Å². The Morgan fingerprint density at radius 1 is 1.05 bits per heavy atom. The summed E-state index contributed by atoms with van der Waals surface area (Å²) in [7, 11) is -3.69. The van der Waals surface area contributed by atoms with Gasteiger partial charge in [-0.2, -0.15) is 12.5 Å². The third-order valence-corrected chi connectivity index (χ3v) is 5.24. The molecule has 3 rings (SSSR count). The molecule has 0 radical (unpaired) electrons. The van der Waals surface area contributed by atoms with Crippen molar-refractivity contribution < 1.29 is 8.42 Å². The van der Waals surface area contributed by atoms with Gasteiger partial charge in [0.2, 0.25) is 0 Å². The Hall–Kier alpha value is -1.66. The number of hydrogen-bond donors (Lipinski definition) is 0. The molecule has 0 atom stereocenters. The zero-order valence-corrected chi connectivity index (χ0v) is 13.0. The second-order valence-electron chi connectivity index (χ2n) is 4.47. The monoisotopic (exact) mass is 350 g/mol. The Bertz CT molecular complexity index is 883. The van der Waals surface area contributed by atoms with Crippen molar-refractivity contribution in [2.75, 3.05) is 0 Å². The van der Waals surface area contributed by atoms with Crippen LogP contribution in [0.5, 0.6) is 0 Å². The van der Waals surface area contributed by atoms with Gasteiger partial charge in [0, 0.05) is 5.39 Å². The van der Waals surface area contributed by atoms with Gasteiger partial charge >= 0.3 is 0 Å². The summed E-state index contributed by atoms with van der Waals surface area (Å²) in [5.41, 5.74) is 1.57. The Morgan fingerprint density at radius 2 is 1.70 bits per heavy atom. The molecule has 1 aromatic heterocycles. The molecule has 2 aromatic carbocycles. The highest BCUT2D eigenvalue weighted by atomic mass is 79.9. The van der Waals surface area contributed by atoms with Crippen LogP contribution in [-0.4, -0.2) is 17.6 Å². The van der Waals surface area contributed by atoms with Gasteiger partial charge in [0.25, 0.3) is 10.0 Å². The van der Waals surface area contributed by atoms with Crippen LogP contribution in [0.1, 0.15) is 5.56 Å². The van der Waals surface area contributed by atoms with E-state index >= 15 is 0 Å². The van der Waals surface area contributed by atoms with Crippen LogP contribution in [0.4, 0.5) is 0 Å². The number of nitrogens with zero attached hydrogens (tertiary/aromatic N) is 2. The zero-order chi connectivity index (χ0) is 14.3. The number of halogens is 1. The largest absolute Gasteiger partial charge is 0.283 e. The van der Waals surface area contributed by atoms with E-state index in [1.807, 2.05) is 19.1 Å². The fourth-order valence-corrected chi connectivity index (χ4v) is 3.88. The molecule has 0 unspecified atom stereocenters. The minimum absolute atomic E-state index is 0.226. The lowest BCUT2D eigenvalue weighted by molar-refractivity contribution is 0.582. The number of fused-ring (bicyclic) bond motifs is 1.